The van der Waals surface area contributed by atoms with Gasteiger partial charge in [-0.05, 0) is 65.7 Å². The second-order valence-electron chi connectivity index (χ2n) is 7.52. The van der Waals surface area contributed by atoms with Gasteiger partial charge in [-0.1, -0.05) is 30.3 Å². The first-order chi connectivity index (χ1) is 14.4. The molecule has 0 aliphatic carbocycles. The Morgan fingerprint density at radius 2 is 1.87 bits per heavy atom. The molecule has 1 fully saturated rings. The molecule has 1 aromatic heterocycles. The Balaban J connectivity index is 1.66. The van der Waals surface area contributed by atoms with Gasteiger partial charge in [-0.3, -0.25) is 15.1 Å². The van der Waals surface area contributed by atoms with Crippen molar-refractivity contribution in [2.75, 3.05) is 31.1 Å². The molecule has 0 spiro atoms. The summed E-state index contributed by atoms with van der Waals surface area (Å²) < 4.78 is 0.243. The lowest BCUT2D eigenvalue weighted by Gasteiger charge is -2.36. The molecular formula is C20H27BrN8O. The number of amides is 1. The molecule has 0 bridgehead atoms. The smallest absolute Gasteiger partial charge is 0.280 e. The molecule has 0 atom stereocenters. The molecular weight excluding hydrogens is 448 g/mol. The molecule has 2 heterocycles. The molecule has 30 heavy (non-hydrogen) atoms. The van der Waals surface area contributed by atoms with E-state index in [1.165, 1.54) is 5.56 Å². The molecule has 0 radical (unpaired) electrons. The monoisotopic (exact) mass is 474 g/mol. The average molecular weight is 475 g/mol. The number of carbonyl (C=O) groups excluding carboxylic acids is 1. The molecule has 0 saturated carbocycles. The topological polar surface area (TPSA) is 157 Å². The number of rotatable bonds is 6. The van der Waals surface area contributed by atoms with Gasteiger partial charge in [-0.25, -0.2) is 9.97 Å². The van der Waals surface area contributed by atoms with Gasteiger partial charge in [0.1, 0.15) is 4.60 Å². The van der Waals surface area contributed by atoms with Gasteiger partial charge in [-0.2, -0.15) is 0 Å². The van der Waals surface area contributed by atoms with Gasteiger partial charge in [0.15, 0.2) is 23.3 Å². The summed E-state index contributed by atoms with van der Waals surface area (Å²) in [5.41, 5.74) is 18.7. The lowest BCUT2D eigenvalue weighted by atomic mass is 9.74. The van der Waals surface area contributed by atoms with Crippen LogP contribution in [0.3, 0.4) is 0 Å². The van der Waals surface area contributed by atoms with Crippen LogP contribution < -0.4 is 27.8 Å². The number of benzene rings is 1. The molecule has 1 aliphatic rings. The Morgan fingerprint density at radius 1 is 1.17 bits per heavy atom. The van der Waals surface area contributed by atoms with E-state index in [9.17, 15) is 4.79 Å². The second-order valence-corrected chi connectivity index (χ2v) is 8.28. The van der Waals surface area contributed by atoms with Gasteiger partial charge >= 0.3 is 0 Å². The van der Waals surface area contributed by atoms with Crippen LogP contribution in [0, 0.1) is 5.41 Å². The van der Waals surface area contributed by atoms with E-state index in [4.69, 9.17) is 17.2 Å². The van der Waals surface area contributed by atoms with Gasteiger partial charge in [0.05, 0.1) is 0 Å². The van der Waals surface area contributed by atoms with E-state index >= 15 is 0 Å². The maximum absolute atomic E-state index is 12.5. The second kappa shape index (κ2) is 9.86. The van der Waals surface area contributed by atoms with E-state index in [-0.39, 0.29) is 33.3 Å². The minimum Gasteiger partial charge on any atom is -0.382 e. The summed E-state index contributed by atoms with van der Waals surface area (Å²) >= 11 is 3.14. The third kappa shape index (κ3) is 5.67. The number of nitrogens with one attached hydrogen (secondary N) is 2. The van der Waals surface area contributed by atoms with E-state index in [2.05, 4.69) is 65.8 Å². The van der Waals surface area contributed by atoms with E-state index in [0.717, 1.165) is 38.8 Å². The number of anilines is 2. The standard InChI is InChI=1S/C20H27BrN8O/c21-15-17(23)28-16(22)14(27-15)18(30)29-19(24)26-12-20(8-10-25-11-9-20)7-6-13-4-2-1-3-5-13/h1-5,25H,6-12H2,(H4,22,23,28)(H3,24,26,29,30). The zero-order chi connectivity index (χ0) is 21.6. The number of halogens is 1. The van der Waals surface area contributed by atoms with Crippen molar-refractivity contribution in [1.29, 1.82) is 0 Å². The molecule has 160 valence electrons. The lowest BCUT2D eigenvalue weighted by molar-refractivity contribution is 0.0972. The molecule has 1 amide bonds. The Kier molecular flexibility index (Phi) is 7.22. The molecule has 1 saturated heterocycles. The SMILES string of the molecule is NC(=NCC1(CCc2ccccc2)CCNCC1)NC(=O)c1nc(Br)c(N)nc1N. The zero-order valence-corrected chi connectivity index (χ0v) is 18.3. The number of aryl methyl sites for hydroxylation is 1. The highest BCUT2D eigenvalue weighted by Gasteiger charge is 2.31. The van der Waals surface area contributed by atoms with Crippen molar-refractivity contribution in [3.8, 4) is 0 Å². The predicted molar refractivity (Wildman–Crippen MR) is 122 cm³/mol. The van der Waals surface area contributed by atoms with E-state index in [1.54, 1.807) is 0 Å². The lowest BCUT2D eigenvalue weighted by Crippen LogP contribution is -2.42. The van der Waals surface area contributed by atoms with Crippen LogP contribution in [0.4, 0.5) is 11.6 Å². The van der Waals surface area contributed by atoms with Gasteiger partial charge in [-0.15, -0.1) is 0 Å². The molecule has 1 aliphatic heterocycles. The van der Waals surface area contributed by atoms with Gasteiger partial charge in [0, 0.05) is 6.54 Å². The summed E-state index contributed by atoms with van der Waals surface area (Å²) in [5.74, 6) is -0.506. The Labute approximate surface area is 184 Å². The molecule has 8 N–H and O–H groups in total. The van der Waals surface area contributed by atoms with Crippen molar-refractivity contribution in [2.24, 2.45) is 16.1 Å². The molecule has 0 unspecified atom stereocenters. The number of carbonyl (C=O) groups is 1. The van der Waals surface area contributed by atoms with Crippen LogP contribution >= 0.6 is 15.9 Å². The van der Waals surface area contributed by atoms with Crippen molar-refractivity contribution < 1.29 is 4.79 Å². The maximum Gasteiger partial charge on any atom is 0.280 e. The zero-order valence-electron chi connectivity index (χ0n) is 16.7. The van der Waals surface area contributed by atoms with Crippen LogP contribution in [0.15, 0.2) is 39.9 Å². The van der Waals surface area contributed by atoms with Crippen molar-refractivity contribution in [2.45, 2.75) is 25.7 Å². The molecule has 2 aromatic rings. The fourth-order valence-electron chi connectivity index (χ4n) is 3.58. The summed E-state index contributed by atoms with van der Waals surface area (Å²) in [6.07, 6.45) is 4.00. The first-order valence-electron chi connectivity index (χ1n) is 9.83. The number of guanidine groups is 1. The molecule has 1 aromatic carbocycles. The van der Waals surface area contributed by atoms with Crippen molar-refractivity contribution >= 4 is 39.4 Å². The maximum atomic E-state index is 12.5. The third-order valence-electron chi connectivity index (χ3n) is 5.40. The van der Waals surface area contributed by atoms with Crippen molar-refractivity contribution in [3.05, 3.63) is 46.2 Å². The van der Waals surface area contributed by atoms with Crippen LogP contribution in [-0.2, 0) is 6.42 Å². The third-order valence-corrected chi connectivity index (χ3v) is 5.98. The predicted octanol–water partition coefficient (Wildman–Crippen LogP) is 1.45. The van der Waals surface area contributed by atoms with Crippen molar-refractivity contribution in [3.63, 3.8) is 0 Å². The first kappa shape index (κ1) is 22.0. The number of nitrogen functional groups attached to an aromatic ring is 2. The summed E-state index contributed by atoms with van der Waals surface area (Å²) in [6, 6.07) is 10.4. The average Bonchev–Trinajstić information content (AvgIpc) is 2.75. The number of hydrogen-bond donors (Lipinski definition) is 5. The van der Waals surface area contributed by atoms with Gasteiger partial charge < -0.3 is 22.5 Å². The number of nitrogens with two attached hydrogens (primary N) is 3. The number of piperidine rings is 1. The summed E-state index contributed by atoms with van der Waals surface area (Å²) in [4.78, 5) is 24.8. The van der Waals surface area contributed by atoms with Crippen LogP contribution in [-0.4, -0.2) is 41.5 Å². The van der Waals surface area contributed by atoms with E-state index < -0.39 is 5.91 Å². The summed E-state index contributed by atoms with van der Waals surface area (Å²) in [7, 11) is 0. The largest absolute Gasteiger partial charge is 0.382 e. The van der Waals surface area contributed by atoms with Gasteiger partial charge in [0.25, 0.3) is 5.91 Å². The van der Waals surface area contributed by atoms with E-state index in [1.807, 2.05) is 6.07 Å². The highest BCUT2D eigenvalue weighted by Crippen LogP contribution is 2.34. The first-order valence-corrected chi connectivity index (χ1v) is 10.6. The fraction of sp³-hybridized carbons (Fsp3) is 0.400. The minimum atomic E-state index is -0.578. The minimum absolute atomic E-state index is 0.0340. The quantitative estimate of drug-likeness (QED) is 0.313. The van der Waals surface area contributed by atoms with Crippen LogP contribution in [0.1, 0.15) is 35.3 Å². The Hall–Kier alpha value is -2.72. The van der Waals surface area contributed by atoms with Crippen molar-refractivity contribution in [1.82, 2.24) is 20.6 Å². The van der Waals surface area contributed by atoms with Crippen LogP contribution in [0.25, 0.3) is 0 Å². The number of hydrogen-bond acceptors (Lipinski definition) is 7. The normalized spacial score (nSPS) is 16.2. The Morgan fingerprint density at radius 3 is 2.57 bits per heavy atom. The highest BCUT2D eigenvalue weighted by molar-refractivity contribution is 9.10. The van der Waals surface area contributed by atoms with Crippen LogP contribution in [0.2, 0.25) is 0 Å². The fourth-order valence-corrected chi connectivity index (χ4v) is 3.84. The molecule has 3 rings (SSSR count). The Bertz CT molecular complexity index is 913. The number of aromatic nitrogens is 2. The van der Waals surface area contributed by atoms with E-state index in [0.29, 0.717) is 6.54 Å². The molecule has 10 heteroatoms. The summed E-state index contributed by atoms with van der Waals surface area (Å²) in [6.45, 7) is 2.44. The number of aliphatic imine (C=N–C) groups is 1. The number of nitrogens with zero attached hydrogens (tertiary/aromatic N) is 3. The van der Waals surface area contributed by atoms with Crippen LogP contribution in [0.5, 0.6) is 0 Å². The van der Waals surface area contributed by atoms with Gasteiger partial charge in [0.2, 0.25) is 0 Å². The highest BCUT2D eigenvalue weighted by atomic mass is 79.9. The summed E-state index contributed by atoms with van der Waals surface area (Å²) in [5, 5.41) is 5.95. The molecule has 9 nitrogen and oxygen atoms in total.